The molecular weight excluding hydrogens is 281 g/mol. The molecule has 0 saturated carbocycles. The topological polar surface area (TPSA) is 12.0 Å². The minimum absolute atomic E-state index is 0.808. The first-order chi connectivity index (χ1) is 5.16. The van der Waals surface area contributed by atoms with Crippen LogP contribution in [-0.2, 0) is 0 Å². The third-order valence-electron chi connectivity index (χ3n) is 1.04. The summed E-state index contributed by atoms with van der Waals surface area (Å²) in [4.78, 5) is 0. The Morgan fingerprint density at radius 3 is 2.55 bits per heavy atom. The Labute approximate surface area is 91.9 Å². The Hall–Kier alpha value is 1.46. The van der Waals surface area contributed by atoms with E-state index in [0.29, 0.717) is 0 Å². The normalized spacial score (nSPS) is 16.4. The fourth-order valence-electron chi connectivity index (χ4n) is 0.715. The molecule has 0 aromatic rings. The Bertz CT molecular complexity index is 90.5. The molecule has 2 atom stereocenters. The van der Waals surface area contributed by atoms with Gasteiger partial charge in [-0.3, -0.25) is 0 Å². The zero-order valence-corrected chi connectivity index (χ0v) is 11.9. The molecule has 0 aromatic heterocycles. The number of hydrogen-bond donors (Lipinski definition) is 1. The van der Waals surface area contributed by atoms with Gasteiger partial charge in [-0.15, -0.1) is 0 Å². The van der Waals surface area contributed by atoms with E-state index in [2.05, 4.69) is 30.9 Å². The molecule has 1 N–H and O–H groups in total. The first-order valence-corrected chi connectivity index (χ1v) is 7.50. The average molecular weight is 297 g/mol. The fraction of sp³-hybridized carbons (Fsp3) is 1.00. The van der Waals surface area contributed by atoms with Gasteiger partial charge in [0.05, 0.1) is 0 Å². The van der Waals surface area contributed by atoms with Gasteiger partial charge in [0.1, 0.15) is 0 Å². The molecule has 11 heavy (non-hydrogen) atoms. The maximum atomic E-state index is 3.14. The van der Waals surface area contributed by atoms with E-state index < -0.39 is 0 Å². The third-order valence-corrected chi connectivity index (χ3v) is 4.68. The van der Waals surface area contributed by atoms with E-state index >= 15 is 0 Å². The molecular formula is C7H16NS2Sn. The van der Waals surface area contributed by atoms with E-state index in [1.54, 1.807) is 22.5 Å². The van der Waals surface area contributed by atoms with Crippen molar-refractivity contribution in [2.24, 2.45) is 0 Å². The number of nitrogens with one attached hydrogen (secondary N) is 1. The van der Waals surface area contributed by atoms with E-state index in [9.17, 15) is 0 Å². The summed E-state index contributed by atoms with van der Waals surface area (Å²) in [5.41, 5.74) is 0. The molecule has 3 radical (unpaired) electrons. The molecule has 0 amide bonds. The van der Waals surface area contributed by atoms with Gasteiger partial charge in [-0.05, 0) is 0 Å². The van der Waals surface area contributed by atoms with Gasteiger partial charge in [-0.25, -0.2) is 0 Å². The summed E-state index contributed by atoms with van der Waals surface area (Å²) in [5, 5.41) is 3.94. The second-order valence-electron chi connectivity index (χ2n) is 2.46. The summed E-state index contributed by atoms with van der Waals surface area (Å²) in [6, 6.07) is 0. The van der Waals surface area contributed by atoms with Gasteiger partial charge in [-0.1, -0.05) is 0 Å². The molecule has 0 aliphatic carbocycles. The quantitative estimate of drug-likeness (QED) is 0.454. The van der Waals surface area contributed by atoms with Crippen LogP contribution in [0.15, 0.2) is 0 Å². The van der Waals surface area contributed by atoms with Crippen molar-refractivity contribution >= 4 is 46.0 Å². The van der Waals surface area contributed by atoms with Crippen molar-refractivity contribution < 1.29 is 0 Å². The van der Waals surface area contributed by atoms with Gasteiger partial charge in [0.2, 0.25) is 0 Å². The van der Waals surface area contributed by atoms with Crippen molar-refractivity contribution in [1.29, 1.82) is 0 Å². The molecule has 4 heteroatoms. The molecule has 0 saturated heterocycles. The Morgan fingerprint density at radius 2 is 2.09 bits per heavy atom. The van der Waals surface area contributed by atoms with Gasteiger partial charge >= 0.3 is 92.4 Å². The molecule has 0 spiro atoms. The van der Waals surface area contributed by atoms with E-state index in [0.717, 1.165) is 14.4 Å². The molecule has 2 unspecified atom stereocenters. The summed E-state index contributed by atoms with van der Waals surface area (Å²) < 4.78 is 0.854. The molecule has 0 fully saturated rings. The number of hydrogen-bond acceptors (Lipinski definition) is 3. The van der Waals surface area contributed by atoms with E-state index in [-0.39, 0.29) is 0 Å². The second-order valence-corrected chi connectivity index (χ2v) is 8.94. The van der Waals surface area contributed by atoms with Gasteiger partial charge in [0, 0.05) is 0 Å². The first kappa shape index (κ1) is 12.5. The maximum absolute atomic E-state index is 3.14. The third kappa shape index (κ3) is 9.37. The Balaban J connectivity index is 3.15. The molecule has 0 aliphatic heterocycles. The van der Waals surface area contributed by atoms with Crippen LogP contribution in [0.2, 0.25) is 0 Å². The Kier molecular flexibility index (Phi) is 9.15. The summed E-state index contributed by atoms with van der Waals surface area (Å²) in [6.45, 7) is 4.61. The summed E-state index contributed by atoms with van der Waals surface area (Å²) >= 11 is 5.72. The Morgan fingerprint density at radius 1 is 1.45 bits per heavy atom. The minimum atomic E-state index is 0.808. The molecule has 0 bridgehead atoms. The van der Waals surface area contributed by atoms with E-state index in [1.807, 2.05) is 18.8 Å². The molecule has 1 nitrogen and oxygen atoms in total. The van der Waals surface area contributed by atoms with Crippen LogP contribution in [0.4, 0.5) is 0 Å². The van der Waals surface area contributed by atoms with Crippen molar-refractivity contribution in [3.8, 4) is 0 Å². The summed E-state index contributed by atoms with van der Waals surface area (Å²) in [5.74, 6) is 2.35. The molecule has 0 heterocycles. The van der Waals surface area contributed by atoms with E-state index in [4.69, 9.17) is 0 Å². The van der Waals surface area contributed by atoms with Crippen molar-refractivity contribution in [1.82, 2.24) is 5.32 Å². The standard InChI is InChI=1S/C7H16NS2.Sn/c1-4-10-7(2)5-9-6-8-3;/h4,7-8H,5-6H2,1-3H3;. The van der Waals surface area contributed by atoms with Gasteiger partial charge in [-0.2, -0.15) is 0 Å². The predicted molar refractivity (Wildman–Crippen MR) is 58.7 cm³/mol. The SMILES string of the molecule is CNCSCC(C)S[CH](C)[Sn]. The van der Waals surface area contributed by atoms with Crippen molar-refractivity contribution in [2.45, 2.75) is 22.4 Å². The van der Waals surface area contributed by atoms with E-state index in [1.165, 1.54) is 5.75 Å². The van der Waals surface area contributed by atoms with Crippen LogP contribution in [-0.4, -0.2) is 49.7 Å². The zero-order valence-electron chi connectivity index (χ0n) is 7.39. The van der Waals surface area contributed by atoms with Crippen molar-refractivity contribution in [3.63, 3.8) is 0 Å². The van der Waals surface area contributed by atoms with Crippen LogP contribution in [0.3, 0.4) is 0 Å². The predicted octanol–water partition coefficient (Wildman–Crippen LogP) is 1.53. The number of thioether (sulfide) groups is 2. The molecule has 0 aliphatic rings. The van der Waals surface area contributed by atoms with Gasteiger partial charge in [0.15, 0.2) is 0 Å². The van der Waals surface area contributed by atoms with Crippen molar-refractivity contribution in [3.05, 3.63) is 0 Å². The average Bonchev–Trinajstić information content (AvgIpc) is 1.86. The van der Waals surface area contributed by atoms with Crippen LogP contribution in [0.25, 0.3) is 0 Å². The first-order valence-electron chi connectivity index (χ1n) is 3.75. The van der Waals surface area contributed by atoms with Crippen molar-refractivity contribution in [2.75, 3.05) is 18.7 Å². The zero-order chi connectivity index (χ0) is 8.69. The van der Waals surface area contributed by atoms with Crippen LogP contribution >= 0.6 is 23.5 Å². The molecule has 65 valence electrons. The summed E-state index contributed by atoms with van der Waals surface area (Å²) in [6.07, 6.45) is 0. The number of rotatable bonds is 6. The second kappa shape index (κ2) is 8.08. The van der Waals surface area contributed by atoms with Crippen LogP contribution in [0.5, 0.6) is 0 Å². The van der Waals surface area contributed by atoms with Gasteiger partial charge < -0.3 is 0 Å². The fourth-order valence-corrected chi connectivity index (χ4v) is 4.66. The molecule has 0 rings (SSSR count). The molecule has 0 aromatic carbocycles. The van der Waals surface area contributed by atoms with Gasteiger partial charge in [0.25, 0.3) is 0 Å². The monoisotopic (exact) mass is 298 g/mol. The van der Waals surface area contributed by atoms with Crippen LogP contribution in [0, 0.1) is 0 Å². The van der Waals surface area contributed by atoms with Crippen LogP contribution in [0.1, 0.15) is 13.8 Å². The summed E-state index contributed by atoms with van der Waals surface area (Å²) in [7, 11) is 2.00. The van der Waals surface area contributed by atoms with Crippen LogP contribution < -0.4 is 5.32 Å².